The van der Waals surface area contributed by atoms with Crippen molar-refractivity contribution in [1.29, 1.82) is 0 Å². The number of methoxy groups -OCH3 is 3. The first-order chi connectivity index (χ1) is 17.2. The van der Waals surface area contributed by atoms with Crippen LogP contribution in [0.25, 0.3) is 24.3 Å². The molecule has 0 aromatic heterocycles. The van der Waals surface area contributed by atoms with E-state index < -0.39 is 17.5 Å². The fraction of sp³-hybridized carbons (Fsp3) is 0.138. The van der Waals surface area contributed by atoms with E-state index in [1.807, 2.05) is 42.5 Å². The number of halogens is 3. The lowest BCUT2D eigenvalue weighted by atomic mass is 10.0. The van der Waals surface area contributed by atoms with Crippen LogP contribution in [0.3, 0.4) is 0 Å². The lowest BCUT2D eigenvalue weighted by Crippen LogP contribution is -2.04. The zero-order chi connectivity index (χ0) is 26.1. The van der Waals surface area contributed by atoms with Gasteiger partial charge in [-0.25, -0.2) is 0 Å². The predicted octanol–water partition coefficient (Wildman–Crippen LogP) is 7.20. The zero-order valence-corrected chi connectivity index (χ0v) is 20.0. The Bertz CT molecular complexity index is 1290. The van der Waals surface area contributed by atoms with Crippen LogP contribution < -0.4 is 14.2 Å². The Morgan fingerprint density at radius 2 is 1.42 bits per heavy atom. The summed E-state index contributed by atoms with van der Waals surface area (Å²) in [5.74, 6) is 1.43. The van der Waals surface area contributed by atoms with E-state index in [0.717, 1.165) is 29.0 Å². The van der Waals surface area contributed by atoms with Crippen LogP contribution in [-0.2, 0) is 11.0 Å². The Kier molecular flexibility index (Phi) is 8.73. The molecular formula is C29H25F3O4. The van der Waals surface area contributed by atoms with Gasteiger partial charge in [0, 0.05) is 11.6 Å². The minimum atomic E-state index is -4.45. The van der Waals surface area contributed by atoms with Crippen molar-refractivity contribution in [3.8, 4) is 17.2 Å². The molecule has 3 rings (SSSR count). The second-order valence-corrected chi connectivity index (χ2v) is 7.63. The van der Waals surface area contributed by atoms with Crippen LogP contribution in [0.1, 0.15) is 27.8 Å². The minimum Gasteiger partial charge on any atom is -0.497 e. The van der Waals surface area contributed by atoms with Crippen LogP contribution in [0.2, 0.25) is 0 Å². The molecule has 0 radical (unpaired) electrons. The standard InChI is InChI=1S/C29H25F3O4/c1-34-25-14-9-20(10-15-25)7-11-22-18-26(35-2)19-28(36-3)27(22)16-13-24(33)12-8-21-5-4-6-23(17-21)29(30,31)32/h4-19H,1-3H3/b11-7+,12-8+,16-13+. The number of hydrogen-bond acceptors (Lipinski definition) is 4. The average Bonchev–Trinajstić information content (AvgIpc) is 2.89. The largest absolute Gasteiger partial charge is 0.497 e. The maximum atomic E-state index is 12.9. The molecule has 3 aromatic carbocycles. The van der Waals surface area contributed by atoms with Gasteiger partial charge < -0.3 is 14.2 Å². The normalized spacial score (nSPS) is 11.9. The van der Waals surface area contributed by atoms with Gasteiger partial charge in [-0.15, -0.1) is 0 Å². The van der Waals surface area contributed by atoms with E-state index in [4.69, 9.17) is 14.2 Å². The highest BCUT2D eigenvalue weighted by molar-refractivity contribution is 6.05. The molecule has 3 aromatic rings. The van der Waals surface area contributed by atoms with E-state index in [0.29, 0.717) is 17.1 Å². The number of carbonyl (C=O) groups excluding carboxylic acids is 1. The molecule has 0 unspecified atom stereocenters. The monoisotopic (exact) mass is 494 g/mol. The summed E-state index contributed by atoms with van der Waals surface area (Å²) in [5, 5.41) is 0. The summed E-state index contributed by atoms with van der Waals surface area (Å²) < 4.78 is 54.8. The molecule has 0 aliphatic heterocycles. The Hall–Kier alpha value is -4.26. The highest BCUT2D eigenvalue weighted by Gasteiger charge is 2.30. The zero-order valence-electron chi connectivity index (χ0n) is 20.0. The summed E-state index contributed by atoms with van der Waals surface area (Å²) in [7, 11) is 4.66. The van der Waals surface area contributed by atoms with Crippen molar-refractivity contribution in [2.45, 2.75) is 6.18 Å². The third-order valence-electron chi connectivity index (χ3n) is 5.24. The van der Waals surface area contributed by atoms with E-state index >= 15 is 0 Å². The van der Waals surface area contributed by atoms with Crippen LogP contribution in [0.15, 0.2) is 72.8 Å². The summed E-state index contributed by atoms with van der Waals surface area (Å²) in [6.07, 6.45) is 4.82. The molecule has 4 nitrogen and oxygen atoms in total. The first-order valence-electron chi connectivity index (χ1n) is 10.9. The lowest BCUT2D eigenvalue weighted by molar-refractivity contribution is -0.137. The molecule has 0 heterocycles. The van der Waals surface area contributed by atoms with Gasteiger partial charge in [-0.3, -0.25) is 4.79 Å². The van der Waals surface area contributed by atoms with Crippen LogP contribution in [0.4, 0.5) is 13.2 Å². The van der Waals surface area contributed by atoms with Crippen molar-refractivity contribution < 1.29 is 32.2 Å². The van der Waals surface area contributed by atoms with Crippen molar-refractivity contribution >= 4 is 30.1 Å². The topological polar surface area (TPSA) is 44.8 Å². The average molecular weight is 495 g/mol. The second kappa shape index (κ2) is 11.9. The first-order valence-corrected chi connectivity index (χ1v) is 10.9. The van der Waals surface area contributed by atoms with Crippen LogP contribution >= 0.6 is 0 Å². The van der Waals surface area contributed by atoms with E-state index in [1.165, 1.54) is 37.5 Å². The van der Waals surface area contributed by atoms with Crippen molar-refractivity contribution in [3.05, 3.63) is 101 Å². The maximum absolute atomic E-state index is 12.9. The third-order valence-corrected chi connectivity index (χ3v) is 5.24. The SMILES string of the molecule is COc1ccc(/C=C/c2cc(OC)cc(OC)c2/C=C/C(=O)/C=C/c2cccc(C(F)(F)F)c2)cc1. The van der Waals surface area contributed by atoms with Gasteiger partial charge in [0.1, 0.15) is 17.2 Å². The van der Waals surface area contributed by atoms with Gasteiger partial charge in [0.2, 0.25) is 0 Å². The Balaban J connectivity index is 1.87. The van der Waals surface area contributed by atoms with Gasteiger partial charge in [-0.1, -0.05) is 42.5 Å². The van der Waals surface area contributed by atoms with Crippen LogP contribution in [0.5, 0.6) is 17.2 Å². The van der Waals surface area contributed by atoms with Crippen molar-refractivity contribution in [2.24, 2.45) is 0 Å². The first kappa shape index (κ1) is 26.3. The number of rotatable bonds is 9. The summed E-state index contributed by atoms with van der Waals surface area (Å²) in [6.45, 7) is 0. The van der Waals surface area contributed by atoms with Crippen molar-refractivity contribution in [3.63, 3.8) is 0 Å². The second-order valence-electron chi connectivity index (χ2n) is 7.63. The summed E-state index contributed by atoms with van der Waals surface area (Å²) in [5.41, 5.74) is 1.82. The molecule has 0 aliphatic rings. The van der Waals surface area contributed by atoms with E-state index in [2.05, 4.69) is 0 Å². The molecule has 0 saturated heterocycles. The molecule has 36 heavy (non-hydrogen) atoms. The number of alkyl halides is 3. The summed E-state index contributed by atoms with van der Waals surface area (Å²) in [6, 6.07) is 15.8. The van der Waals surface area contributed by atoms with Crippen molar-refractivity contribution in [1.82, 2.24) is 0 Å². The number of benzene rings is 3. The Morgan fingerprint density at radius 3 is 2.06 bits per heavy atom. The Morgan fingerprint density at radius 1 is 0.722 bits per heavy atom. The number of hydrogen-bond donors (Lipinski definition) is 0. The predicted molar refractivity (Wildman–Crippen MR) is 136 cm³/mol. The minimum absolute atomic E-state index is 0.275. The molecule has 0 bridgehead atoms. The molecule has 0 aliphatic carbocycles. The van der Waals surface area contributed by atoms with Gasteiger partial charge >= 0.3 is 6.18 Å². The molecule has 0 saturated carbocycles. The van der Waals surface area contributed by atoms with E-state index in [1.54, 1.807) is 26.4 Å². The Labute approximate surface area is 207 Å². The molecular weight excluding hydrogens is 469 g/mol. The van der Waals surface area contributed by atoms with Gasteiger partial charge in [-0.05, 0) is 65.3 Å². The maximum Gasteiger partial charge on any atom is 0.416 e. The number of ether oxygens (including phenoxy) is 3. The van der Waals surface area contributed by atoms with Crippen LogP contribution in [-0.4, -0.2) is 27.1 Å². The molecule has 0 N–H and O–H groups in total. The molecule has 0 atom stereocenters. The van der Waals surface area contributed by atoms with E-state index in [9.17, 15) is 18.0 Å². The van der Waals surface area contributed by atoms with Gasteiger partial charge in [0.15, 0.2) is 5.78 Å². The molecule has 7 heteroatoms. The highest BCUT2D eigenvalue weighted by Crippen LogP contribution is 2.32. The fourth-order valence-corrected chi connectivity index (χ4v) is 3.34. The van der Waals surface area contributed by atoms with Gasteiger partial charge in [-0.2, -0.15) is 13.2 Å². The van der Waals surface area contributed by atoms with E-state index in [-0.39, 0.29) is 5.56 Å². The quantitative estimate of drug-likeness (QED) is 0.233. The highest BCUT2D eigenvalue weighted by atomic mass is 19.4. The number of carbonyl (C=O) groups is 1. The van der Waals surface area contributed by atoms with Crippen molar-refractivity contribution in [2.75, 3.05) is 21.3 Å². The molecule has 0 spiro atoms. The molecule has 0 fully saturated rings. The van der Waals surface area contributed by atoms with Crippen LogP contribution in [0, 0.1) is 0 Å². The lowest BCUT2D eigenvalue weighted by Gasteiger charge is -2.11. The summed E-state index contributed by atoms with van der Waals surface area (Å²) >= 11 is 0. The summed E-state index contributed by atoms with van der Waals surface area (Å²) in [4.78, 5) is 12.5. The van der Waals surface area contributed by atoms with Gasteiger partial charge in [0.25, 0.3) is 0 Å². The van der Waals surface area contributed by atoms with Gasteiger partial charge in [0.05, 0.1) is 26.9 Å². The molecule has 0 amide bonds. The number of ketones is 1. The fourth-order valence-electron chi connectivity index (χ4n) is 3.34. The third kappa shape index (κ3) is 7.12. The number of allylic oxidation sites excluding steroid dienone is 2. The smallest absolute Gasteiger partial charge is 0.416 e. The molecule has 186 valence electrons.